The van der Waals surface area contributed by atoms with Crippen LogP contribution in [-0.4, -0.2) is 22.2 Å². The van der Waals surface area contributed by atoms with Crippen LogP contribution in [0, 0.1) is 12.8 Å². The Labute approximate surface area is 117 Å². The molecule has 0 unspecified atom stereocenters. The van der Waals surface area contributed by atoms with Gasteiger partial charge in [-0.1, -0.05) is 13.0 Å². The fraction of sp³-hybridized carbons (Fsp3) is 0.429. The SMILES string of the molecule is Cc1ccnn1CCNC(=O)[C@@H](C)Cc1cccs1. The molecule has 1 atom stereocenters. The van der Waals surface area contributed by atoms with E-state index in [1.807, 2.05) is 36.0 Å². The van der Waals surface area contributed by atoms with Gasteiger partial charge in [0.1, 0.15) is 0 Å². The van der Waals surface area contributed by atoms with Gasteiger partial charge in [0.05, 0.1) is 6.54 Å². The zero-order valence-electron chi connectivity index (χ0n) is 11.3. The van der Waals surface area contributed by atoms with Crippen molar-refractivity contribution in [2.75, 3.05) is 6.54 Å². The number of carbonyl (C=O) groups excluding carboxylic acids is 1. The molecule has 0 saturated heterocycles. The number of nitrogens with zero attached hydrogens (tertiary/aromatic N) is 2. The first-order valence-corrected chi connectivity index (χ1v) is 7.33. The minimum atomic E-state index is 0.0115. The Bertz CT molecular complexity index is 519. The van der Waals surface area contributed by atoms with Gasteiger partial charge in [0.25, 0.3) is 0 Å². The van der Waals surface area contributed by atoms with Crippen LogP contribution in [0.25, 0.3) is 0 Å². The van der Waals surface area contributed by atoms with Crippen molar-refractivity contribution in [2.45, 2.75) is 26.8 Å². The number of hydrogen-bond acceptors (Lipinski definition) is 3. The lowest BCUT2D eigenvalue weighted by Gasteiger charge is -2.11. The second-order valence-corrected chi connectivity index (χ2v) is 5.70. The Kier molecular flexibility index (Phi) is 4.74. The first-order valence-electron chi connectivity index (χ1n) is 6.45. The normalized spacial score (nSPS) is 12.3. The third-order valence-electron chi connectivity index (χ3n) is 3.09. The van der Waals surface area contributed by atoms with E-state index in [0.717, 1.165) is 18.7 Å². The van der Waals surface area contributed by atoms with Crippen LogP contribution in [0.2, 0.25) is 0 Å². The molecule has 4 nitrogen and oxygen atoms in total. The molecule has 2 rings (SSSR count). The molecule has 2 aromatic rings. The van der Waals surface area contributed by atoms with E-state index in [2.05, 4.69) is 16.5 Å². The van der Waals surface area contributed by atoms with E-state index < -0.39 is 0 Å². The van der Waals surface area contributed by atoms with Gasteiger partial charge in [-0.2, -0.15) is 5.10 Å². The summed E-state index contributed by atoms with van der Waals surface area (Å²) < 4.78 is 1.89. The largest absolute Gasteiger partial charge is 0.354 e. The second kappa shape index (κ2) is 6.52. The molecular formula is C14H19N3OS. The van der Waals surface area contributed by atoms with E-state index in [4.69, 9.17) is 0 Å². The number of hydrogen-bond donors (Lipinski definition) is 1. The number of rotatable bonds is 6. The number of aryl methyl sites for hydroxylation is 1. The van der Waals surface area contributed by atoms with Crippen molar-refractivity contribution in [3.63, 3.8) is 0 Å². The van der Waals surface area contributed by atoms with Gasteiger partial charge in [-0.15, -0.1) is 11.3 Å². The highest BCUT2D eigenvalue weighted by Gasteiger charge is 2.13. The van der Waals surface area contributed by atoms with Gasteiger partial charge in [0.2, 0.25) is 5.91 Å². The molecule has 0 aliphatic rings. The topological polar surface area (TPSA) is 46.9 Å². The van der Waals surface area contributed by atoms with E-state index in [-0.39, 0.29) is 11.8 Å². The number of thiophene rings is 1. The Hall–Kier alpha value is -1.62. The number of aromatic nitrogens is 2. The first kappa shape index (κ1) is 13.8. The maximum atomic E-state index is 11.9. The van der Waals surface area contributed by atoms with Crippen molar-refractivity contribution in [2.24, 2.45) is 5.92 Å². The van der Waals surface area contributed by atoms with Crippen LogP contribution in [0.5, 0.6) is 0 Å². The van der Waals surface area contributed by atoms with E-state index >= 15 is 0 Å². The molecule has 0 aliphatic heterocycles. The van der Waals surface area contributed by atoms with Crippen molar-refractivity contribution >= 4 is 17.2 Å². The molecule has 0 aliphatic carbocycles. The number of nitrogens with one attached hydrogen (secondary N) is 1. The molecule has 0 bridgehead atoms. The third kappa shape index (κ3) is 3.92. The van der Waals surface area contributed by atoms with Crippen LogP contribution < -0.4 is 5.32 Å². The Morgan fingerprint density at radius 1 is 1.53 bits per heavy atom. The van der Waals surface area contributed by atoms with Gasteiger partial charge in [-0.05, 0) is 30.9 Å². The summed E-state index contributed by atoms with van der Waals surface area (Å²) in [5.74, 6) is 0.121. The molecule has 2 heterocycles. The van der Waals surface area contributed by atoms with Gasteiger partial charge in [0.15, 0.2) is 0 Å². The van der Waals surface area contributed by atoms with Crippen LogP contribution in [0.3, 0.4) is 0 Å². The lowest BCUT2D eigenvalue weighted by atomic mass is 10.1. The quantitative estimate of drug-likeness (QED) is 0.880. The molecule has 5 heteroatoms. The standard InChI is InChI=1S/C14H19N3OS/c1-11(10-13-4-3-9-19-13)14(18)15-7-8-17-12(2)5-6-16-17/h3-6,9,11H,7-8,10H2,1-2H3,(H,15,18)/t11-/m0/s1. The molecule has 0 aromatic carbocycles. The lowest BCUT2D eigenvalue weighted by molar-refractivity contribution is -0.124. The zero-order valence-corrected chi connectivity index (χ0v) is 12.1. The number of carbonyl (C=O) groups is 1. The Balaban J connectivity index is 1.73. The predicted octanol–water partition coefficient (Wildman–Crippen LogP) is 2.25. The van der Waals surface area contributed by atoms with Crippen LogP contribution in [-0.2, 0) is 17.8 Å². The van der Waals surface area contributed by atoms with Crippen LogP contribution in [0.15, 0.2) is 29.8 Å². The van der Waals surface area contributed by atoms with Crippen molar-refractivity contribution in [1.82, 2.24) is 15.1 Å². The monoisotopic (exact) mass is 277 g/mol. The van der Waals surface area contributed by atoms with Crippen LogP contribution in [0.4, 0.5) is 0 Å². The van der Waals surface area contributed by atoms with Gasteiger partial charge in [0, 0.05) is 29.2 Å². The van der Waals surface area contributed by atoms with E-state index in [1.165, 1.54) is 4.88 Å². The van der Waals surface area contributed by atoms with E-state index in [1.54, 1.807) is 17.5 Å². The molecule has 1 amide bonds. The smallest absolute Gasteiger partial charge is 0.223 e. The fourth-order valence-corrected chi connectivity index (χ4v) is 2.75. The molecule has 102 valence electrons. The first-order chi connectivity index (χ1) is 9.16. The summed E-state index contributed by atoms with van der Waals surface area (Å²) in [5, 5.41) is 9.19. The summed E-state index contributed by atoms with van der Waals surface area (Å²) in [7, 11) is 0. The Morgan fingerprint density at radius 3 is 3.00 bits per heavy atom. The second-order valence-electron chi connectivity index (χ2n) is 4.67. The molecular weight excluding hydrogens is 258 g/mol. The van der Waals surface area contributed by atoms with Crippen molar-refractivity contribution in [1.29, 1.82) is 0 Å². The average molecular weight is 277 g/mol. The fourth-order valence-electron chi connectivity index (χ4n) is 1.92. The molecule has 0 spiro atoms. The van der Waals surface area contributed by atoms with Crippen molar-refractivity contribution in [3.8, 4) is 0 Å². The number of amides is 1. The summed E-state index contributed by atoms with van der Waals surface area (Å²) in [6.45, 7) is 5.31. The summed E-state index contributed by atoms with van der Waals surface area (Å²) >= 11 is 1.70. The Morgan fingerprint density at radius 2 is 2.37 bits per heavy atom. The molecule has 0 fully saturated rings. The van der Waals surface area contributed by atoms with Crippen molar-refractivity contribution in [3.05, 3.63) is 40.3 Å². The molecule has 1 N–H and O–H groups in total. The summed E-state index contributed by atoms with van der Waals surface area (Å²) in [4.78, 5) is 13.2. The summed E-state index contributed by atoms with van der Waals surface area (Å²) in [6.07, 6.45) is 2.58. The van der Waals surface area contributed by atoms with Gasteiger partial charge >= 0.3 is 0 Å². The van der Waals surface area contributed by atoms with E-state index in [9.17, 15) is 4.79 Å². The highest BCUT2D eigenvalue weighted by molar-refractivity contribution is 7.09. The molecule has 0 radical (unpaired) electrons. The van der Waals surface area contributed by atoms with Gasteiger partial charge in [-0.3, -0.25) is 9.48 Å². The zero-order chi connectivity index (χ0) is 13.7. The maximum absolute atomic E-state index is 11.9. The highest BCUT2D eigenvalue weighted by atomic mass is 32.1. The van der Waals surface area contributed by atoms with Crippen LogP contribution >= 0.6 is 11.3 Å². The highest BCUT2D eigenvalue weighted by Crippen LogP contribution is 2.14. The van der Waals surface area contributed by atoms with Crippen LogP contribution in [0.1, 0.15) is 17.5 Å². The molecule has 0 saturated carbocycles. The van der Waals surface area contributed by atoms with Crippen molar-refractivity contribution < 1.29 is 4.79 Å². The average Bonchev–Trinajstić information content (AvgIpc) is 3.02. The maximum Gasteiger partial charge on any atom is 0.223 e. The van der Waals surface area contributed by atoms with Gasteiger partial charge < -0.3 is 5.32 Å². The predicted molar refractivity (Wildman–Crippen MR) is 77.2 cm³/mol. The minimum Gasteiger partial charge on any atom is -0.354 e. The summed E-state index contributed by atoms with van der Waals surface area (Å²) in [5.41, 5.74) is 1.11. The molecule has 19 heavy (non-hydrogen) atoms. The lowest BCUT2D eigenvalue weighted by Crippen LogP contribution is -2.33. The van der Waals surface area contributed by atoms with Gasteiger partial charge in [-0.25, -0.2) is 0 Å². The third-order valence-corrected chi connectivity index (χ3v) is 3.99. The van der Waals surface area contributed by atoms with E-state index in [0.29, 0.717) is 6.54 Å². The minimum absolute atomic E-state index is 0.0115. The molecule has 2 aromatic heterocycles. The summed E-state index contributed by atoms with van der Waals surface area (Å²) in [6, 6.07) is 6.05.